The Hall–Kier alpha value is -4.81. The molecule has 4 heterocycles. The molecule has 2 aliphatic carbocycles. The number of rotatable bonds is 14. The van der Waals surface area contributed by atoms with Crippen LogP contribution in [0, 0.1) is 17.3 Å². The number of amides is 4. The second-order valence-corrected chi connectivity index (χ2v) is 19.9. The van der Waals surface area contributed by atoms with Crippen LogP contribution in [0.2, 0.25) is 0 Å². The van der Waals surface area contributed by atoms with E-state index in [0.29, 0.717) is 72.9 Å². The molecule has 7 rings (SSSR count). The van der Waals surface area contributed by atoms with Crippen molar-refractivity contribution >= 4 is 61.0 Å². The summed E-state index contributed by atoms with van der Waals surface area (Å²) in [6.45, 7) is 11.1. The van der Waals surface area contributed by atoms with E-state index in [2.05, 4.69) is 16.6 Å². The highest BCUT2D eigenvalue weighted by Crippen LogP contribution is 2.46. The van der Waals surface area contributed by atoms with Gasteiger partial charge in [0.2, 0.25) is 27.7 Å². The molecule has 2 N–H and O–H groups in total. The molecule has 3 aromatic rings. The van der Waals surface area contributed by atoms with Crippen LogP contribution in [0.15, 0.2) is 42.3 Å². The van der Waals surface area contributed by atoms with Gasteiger partial charge in [-0.3, -0.25) is 23.9 Å². The fraction of sp³-hybridized carbons (Fsp3) is 0.561. The zero-order valence-corrected chi connectivity index (χ0v) is 36.0. The molecule has 4 fully saturated rings. The highest BCUT2D eigenvalue weighted by molar-refractivity contribution is 7.91. The van der Waals surface area contributed by atoms with Gasteiger partial charge in [0.1, 0.15) is 34.9 Å². The number of anilines is 1. The molecule has 2 aromatic heterocycles. The van der Waals surface area contributed by atoms with Gasteiger partial charge >= 0.3 is 0 Å². The molecule has 16 nitrogen and oxygen atoms in total. The third kappa shape index (κ3) is 8.89. The van der Waals surface area contributed by atoms with Crippen LogP contribution in [0.5, 0.6) is 11.5 Å². The number of nitrogens with zero attached hydrogens (tertiary/aromatic N) is 5. The van der Waals surface area contributed by atoms with Crippen molar-refractivity contribution in [2.75, 3.05) is 59.0 Å². The highest BCUT2D eigenvalue weighted by atomic mass is 32.2. The number of thiazole rings is 1. The zero-order valence-electron chi connectivity index (χ0n) is 34.4. The number of fused-ring (bicyclic) bond motifs is 1. The van der Waals surface area contributed by atoms with E-state index in [-0.39, 0.29) is 31.7 Å². The first-order valence-electron chi connectivity index (χ1n) is 19.9. The Morgan fingerprint density at radius 3 is 2.46 bits per heavy atom. The molecule has 18 heteroatoms. The number of likely N-dealkylation sites (tertiary alicyclic amines) is 1. The van der Waals surface area contributed by atoms with Gasteiger partial charge in [0, 0.05) is 68.8 Å². The summed E-state index contributed by atoms with van der Waals surface area (Å²) in [7, 11) is 1.47. The lowest BCUT2D eigenvalue weighted by Gasteiger charge is -2.36. The largest absolute Gasteiger partial charge is 0.497 e. The van der Waals surface area contributed by atoms with Crippen LogP contribution in [0.3, 0.4) is 0 Å². The lowest BCUT2D eigenvalue weighted by Crippen LogP contribution is -2.57. The molecule has 2 saturated carbocycles. The van der Waals surface area contributed by atoms with Crippen molar-refractivity contribution in [1.82, 2.24) is 29.8 Å². The number of pyridine rings is 1. The topological polar surface area (TPSA) is 190 Å². The Morgan fingerprint density at radius 1 is 1.12 bits per heavy atom. The van der Waals surface area contributed by atoms with Gasteiger partial charge < -0.3 is 34.2 Å². The van der Waals surface area contributed by atoms with Gasteiger partial charge in [-0.15, -0.1) is 17.9 Å². The van der Waals surface area contributed by atoms with E-state index in [1.54, 1.807) is 30.2 Å². The molecule has 4 amide bonds. The van der Waals surface area contributed by atoms with Crippen molar-refractivity contribution in [3.63, 3.8) is 0 Å². The first kappa shape index (κ1) is 42.3. The predicted molar refractivity (Wildman–Crippen MR) is 222 cm³/mol. The number of hydrogen-bond acceptors (Lipinski definition) is 13. The minimum absolute atomic E-state index is 0.00777. The number of aromatic nitrogens is 2. The van der Waals surface area contributed by atoms with Crippen molar-refractivity contribution in [1.29, 1.82) is 0 Å². The predicted octanol–water partition coefficient (Wildman–Crippen LogP) is 3.36. The molecule has 59 heavy (non-hydrogen) atoms. The Bertz CT molecular complexity index is 2250. The number of nitrogens with one attached hydrogen (secondary N) is 2. The Morgan fingerprint density at radius 2 is 1.85 bits per heavy atom. The van der Waals surface area contributed by atoms with Gasteiger partial charge in [-0.2, -0.15) is 0 Å². The lowest BCUT2D eigenvalue weighted by molar-refractivity contribution is -0.149. The van der Waals surface area contributed by atoms with Crippen molar-refractivity contribution in [3.05, 3.63) is 42.3 Å². The van der Waals surface area contributed by atoms with Crippen LogP contribution in [-0.4, -0.2) is 129 Å². The van der Waals surface area contributed by atoms with Gasteiger partial charge in [0.15, 0.2) is 5.13 Å². The number of carbonyl (C=O) groups excluding carboxylic acids is 4. The maximum absolute atomic E-state index is 14.9. The second-order valence-electron chi connectivity index (χ2n) is 17.1. The number of morpholine rings is 1. The third-order valence-corrected chi connectivity index (χ3v) is 14.4. The molecular weight excluding hydrogens is 799 g/mol. The van der Waals surface area contributed by atoms with E-state index in [0.717, 1.165) is 5.13 Å². The van der Waals surface area contributed by atoms with Gasteiger partial charge in [0.25, 0.3) is 5.91 Å². The Balaban J connectivity index is 1.22. The molecule has 0 bridgehead atoms. The number of hydrogen-bond donors (Lipinski definition) is 2. The van der Waals surface area contributed by atoms with Crippen LogP contribution in [0.1, 0.15) is 52.9 Å². The van der Waals surface area contributed by atoms with Crippen LogP contribution in [0.25, 0.3) is 22.3 Å². The molecule has 5 atom stereocenters. The maximum atomic E-state index is 14.9. The van der Waals surface area contributed by atoms with Gasteiger partial charge in [-0.05, 0) is 36.8 Å². The van der Waals surface area contributed by atoms with E-state index in [9.17, 15) is 27.6 Å². The highest BCUT2D eigenvalue weighted by Gasteiger charge is 2.62. The first-order chi connectivity index (χ1) is 27.9. The van der Waals surface area contributed by atoms with E-state index in [4.69, 9.17) is 24.2 Å². The molecule has 0 radical (unpaired) electrons. The number of ether oxygens (including phenoxy) is 3. The van der Waals surface area contributed by atoms with E-state index in [1.807, 2.05) is 51.2 Å². The fourth-order valence-corrected chi connectivity index (χ4v) is 9.89. The second kappa shape index (κ2) is 16.3. The summed E-state index contributed by atoms with van der Waals surface area (Å²) in [5, 5.41) is 5.58. The van der Waals surface area contributed by atoms with Crippen molar-refractivity contribution < 1.29 is 41.8 Å². The standard InChI is InChI=1S/C41H53N7O9S2/c1-8-24-21-41(24,38(52)45-59(53,54)27-10-11-27)44-36(50)33-18-26(22-48(33)37(51)29(40(2,3)4)19-35(49)47-13-15-56-16-14-47)57-34-20-31(32-23-58-39(43-32)46(5)6)42-30-17-25(55-7)9-12-28(30)34/h8-9,12,17,20,23-24,26-27,29,33H,1,10-11,13-16,18-19,21-22H2,2-7H3,(H,44,50)(H,45,52)/t24?,26-,29-,33+,41-/m1/s1. The lowest BCUT2D eigenvalue weighted by atomic mass is 9.77. The average molecular weight is 852 g/mol. The third-order valence-electron chi connectivity index (χ3n) is 11.6. The van der Waals surface area contributed by atoms with E-state index >= 15 is 0 Å². The summed E-state index contributed by atoms with van der Waals surface area (Å²) < 4.78 is 45.5. The van der Waals surface area contributed by atoms with Crippen molar-refractivity contribution in [2.24, 2.45) is 17.3 Å². The van der Waals surface area contributed by atoms with Gasteiger partial charge in [-0.1, -0.05) is 26.8 Å². The molecule has 2 saturated heterocycles. The molecule has 0 spiro atoms. The minimum Gasteiger partial charge on any atom is -0.497 e. The summed E-state index contributed by atoms with van der Waals surface area (Å²) >= 11 is 1.47. The van der Waals surface area contributed by atoms with Gasteiger partial charge in [-0.25, -0.2) is 18.4 Å². The van der Waals surface area contributed by atoms with Crippen molar-refractivity contribution in [2.45, 2.75) is 75.8 Å². The number of methoxy groups -OCH3 is 1. The Labute approximate surface area is 348 Å². The molecule has 1 unspecified atom stereocenters. The monoisotopic (exact) mass is 851 g/mol. The quantitative estimate of drug-likeness (QED) is 0.226. The molecule has 318 valence electrons. The van der Waals surface area contributed by atoms with E-state index < -0.39 is 67.9 Å². The normalized spacial score (nSPS) is 23.7. The van der Waals surface area contributed by atoms with Crippen LogP contribution in [0.4, 0.5) is 5.13 Å². The smallest absolute Gasteiger partial charge is 0.259 e. The molecule has 2 aliphatic heterocycles. The SMILES string of the molecule is C=CC1C[C@]1(NC(=O)[C@@H]1C[C@@H](Oc2cc(-c3csc(N(C)C)n3)nc3cc(OC)ccc23)CN1C(=O)[C@@H](CC(=O)N1CCOCC1)C(C)(C)C)C(=O)NS(=O)(=O)C1CC1. The van der Waals surface area contributed by atoms with Gasteiger partial charge in [0.05, 0.1) is 49.2 Å². The van der Waals surface area contributed by atoms with Crippen LogP contribution < -0.4 is 24.4 Å². The summed E-state index contributed by atoms with van der Waals surface area (Å²) in [5.41, 5.74) is -0.462. The summed E-state index contributed by atoms with van der Waals surface area (Å²) in [5.74, 6) is -2.34. The first-order valence-corrected chi connectivity index (χ1v) is 22.3. The molecular formula is C41H53N7O9S2. The van der Waals surface area contributed by atoms with E-state index in [1.165, 1.54) is 22.3 Å². The average Bonchev–Trinajstić information content (AvgIpc) is 4.08. The number of carbonyl (C=O) groups is 4. The van der Waals surface area contributed by atoms with Crippen molar-refractivity contribution in [3.8, 4) is 22.9 Å². The summed E-state index contributed by atoms with van der Waals surface area (Å²) in [4.78, 5) is 71.4. The maximum Gasteiger partial charge on any atom is 0.259 e. The zero-order chi connectivity index (χ0) is 42.4. The molecule has 4 aliphatic rings. The van der Waals surface area contributed by atoms with Crippen LogP contribution in [-0.2, 0) is 33.9 Å². The number of sulfonamides is 1. The Kier molecular flexibility index (Phi) is 11.7. The molecule has 1 aromatic carbocycles. The summed E-state index contributed by atoms with van der Waals surface area (Å²) in [6.07, 6.45) is 1.83. The number of benzene rings is 1. The minimum atomic E-state index is -3.91. The van der Waals surface area contributed by atoms with Crippen LogP contribution >= 0.6 is 11.3 Å². The summed E-state index contributed by atoms with van der Waals surface area (Å²) in [6, 6.07) is 6.09. The fourth-order valence-electron chi connectivity index (χ4n) is 7.77.